The van der Waals surface area contributed by atoms with E-state index in [1.54, 1.807) is 0 Å². The second-order valence-corrected chi connectivity index (χ2v) is 5.60. The lowest BCUT2D eigenvalue weighted by Crippen LogP contribution is -2.12. The average Bonchev–Trinajstić information content (AvgIpc) is 2.39. The zero-order valence-corrected chi connectivity index (χ0v) is 12.9. The number of benzene rings is 2. The summed E-state index contributed by atoms with van der Waals surface area (Å²) in [6.07, 6.45) is 0. The summed E-state index contributed by atoms with van der Waals surface area (Å²) in [6.45, 7) is 0.348. The highest BCUT2D eigenvalue weighted by Crippen LogP contribution is 2.29. The highest BCUT2D eigenvalue weighted by molar-refractivity contribution is 9.10. The van der Waals surface area contributed by atoms with Crippen molar-refractivity contribution in [2.75, 3.05) is 24.3 Å². The number of hydrogen-bond acceptors (Lipinski definition) is 3. The van der Waals surface area contributed by atoms with Crippen molar-refractivity contribution < 1.29 is 9.50 Å². The molecule has 0 aliphatic heterocycles. The fourth-order valence-electron chi connectivity index (χ4n) is 1.93. The molecule has 0 radical (unpaired) electrons. The van der Waals surface area contributed by atoms with Crippen LogP contribution in [0.25, 0.3) is 0 Å². The Morgan fingerprint density at radius 3 is 2.65 bits per heavy atom. The van der Waals surface area contributed by atoms with E-state index >= 15 is 0 Å². The van der Waals surface area contributed by atoms with Crippen molar-refractivity contribution in [2.24, 2.45) is 0 Å². The van der Waals surface area contributed by atoms with Gasteiger partial charge >= 0.3 is 0 Å². The van der Waals surface area contributed by atoms with Gasteiger partial charge in [-0.05, 0) is 36.4 Å². The molecule has 0 aliphatic rings. The molecule has 2 aromatic carbocycles. The van der Waals surface area contributed by atoms with Gasteiger partial charge in [-0.3, -0.25) is 0 Å². The maximum absolute atomic E-state index is 13.2. The maximum atomic E-state index is 13.2. The summed E-state index contributed by atoms with van der Waals surface area (Å²) in [5, 5.41) is 12.9. The SMILES string of the molecule is CN(C)c1ccc(Br)cc1NCc1cc(F)ccc1O. The molecule has 3 nitrogen and oxygen atoms in total. The minimum Gasteiger partial charge on any atom is -0.508 e. The van der Waals surface area contributed by atoms with Crippen LogP contribution < -0.4 is 10.2 Å². The minimum atomic E-state index is -0.360. The molecular formula is C15H16BrFN2O. The summed E-state index contributed by atoms with van der Waals surface area (Å²) >= 11 is 3.43. The fraction of sp³-hybridized carbons (Fsp3) is 0.200. The lowest BCUT2D eigenvalue weighted by Gasteiger charge is -2.19. The summed E-state index contributed by atoms with van der Waals surface area (Å²) in [4.78, 5) is 1.99. The first-order valence-corrected chi connectivity index (χ1v) is 6.95. The number of rotatable bonds is 4. The molecule has 0 bridgehead atoms. The standard InChI is InChI=1S/C15H16BrFN2O/c1-19(2)14-5-3-11(16)8-13(14)18-9-10-7-12(17)4-6-15(10)20/h3-8,18,20H,9H2,1-2H3. The molecule has 2 aromatic rings. The molecule has 0 spiro atoms. The number of halogens is 2. The van der Waals surface area contributed by atoms with Gasteiger partial charge in [-0.1, -0.05) is 15.9 Å². The van der Waals surface area contributed by atoms with Gasteiger partial charge in [0, 0.05) is 30.7 Å². The molecular weight excluding hydrogens is 323 g/mol. The Hall–Kier alpha value is -1.75. The molecule has 20 heavy (non-hydrogen) atoms. The van der Waals surface area contributed by atoms with Crippen LogP contribution in [-0.2, 0) is 6.54 Å². The first-order chi connectivity index (χ1) is 9.47. The van der Waals surface area contributed by atoms with E-state index < -0.39 is 0 Å². The molecule has 2 N–H and O–H groups in total. The van der Waals surface area contributed by atoms with Crippen LogP contribution in [0.3, 0.4) is 0 Å². The Morgan fingerprint density at radius 2 is 1.95 bits per heavy atom. The highest BCUT2D eigenvalue weighted by Gasteiger charge is 2.07. The van der Waals surface area contributed by atoms with Crippen molar-refractivity contribution >= 4 is 27.3 Å². The molecule has 106 valence electrons. The number of nitrogens with zero attached hydrogens (tertiary/aromatic N) is 1. The van der Waals surface area contributed by atoms with Crippen LogP contribution in [0.5, 0.6) is 5.75 Å². The van der Waals surface area contributed by atoms with Gasteiger partial charge in [-0.2, -0.15) is 0 Å². The van der Waals surface area contributed by atoms with Crippen LogP contribution >= 0.6 is 15.9 Å². The van der Waals surface area contributed by atoms with Gasteiger partial charge < -0.3 is 15.3 Å². The predicted octanol–water partition coefficient (Wildman–Crippen LogP) is 3.97. The van der Waals surface area contributed by atoms with Crippen molar-refractivity contribution in [1.29, 1.82) is 0 Å². The fourth-order valence-corrected chi connectivity index (χ4v) is 2.29. The summed E-state index contributed by atoms with van der Waals surface area (Å²) in [6, 6.07) is 9.82. The summed E-state index contributed by atoms with van der Waals surface area (Å²) in [5.41, 5.74) is 2.45. The van der Waals surface area contributed by atoms with Gasteiger partial charge in [0.1, 0.15) is 11.6 Å². The van der Waals surface area contributed by atoms with Gasteiger partial charge in [-0.15, -0.1) is 0 Å². The Morgan fingerprint density at radius 1 is 1.20 bits per heavy atom. The van der Waals surface area contributed by atoms with Crippen molar-refractivity contribution in [2.45, 2.75) is 6.54 Å². The Balaban J connectivity index is 2.22. The van der Waals surface area contributed by atoms with Gasteiger partial charge in [-0.25, -0.2) is 4.39 Å². The summed E-state index contributed by atoms with van der Waals surface area (Å²) < 4.78 is 14.1. The number of phenols is 1. The van der Waals surface area contributed by atoms with Gasteiger partial charge in [0.25, 0.3) is 0 Å². The zero-order valence-electron chi connectivity index (χ0n) is 11.3. The molecule has 5 heteroatoms. The summed E-state index contributed by atoms with van der Waals surface area (Å²) in [5.74, 6) is -0.276. The van der Waals surface area contributed by atoms with E-state index in [4.69, 9.17) is 0 Å². The molecule has 0 unspecified atom stereocenters. The normalized spacial score (nSPS) is 10.4. The van der Waals surface area contributed by atoms with Crippen LogP contribution in [-0.4, -0.2) is 19.2 Å². The second-order valence-electron chi connectivity index (χ2n) is 4.68. The molecule has 0 atom stereocenters. The first kappa shape index (κ1) is 14.7. The van der Waals surface area contributed by atoms with Crippen molar-refractivity contribution in [1.82, 2.24) is 0 Å². The van der Waals surface area contributed by atoms with Crippen molar-refractivity contribution in [3.63, 3.8) is 0 Å². The molecule has 2 rings (SSSR count). The number of phenolic OH excluding ortho intramolecular Hbond substituents is 1. The Kier molecular flexibility index (Phi) is 4.49. The second kappa shape index (κ2) is 6.13. The Labute approximate surface area is 126 Å². The maximum Gasteiger partial charge on any atom is 0.123 e. The van der Waals surface area contributed by atoms with Crippen molar-refractivity contribution in [3.8, 4) is 5.75 Å². The van der Waals surface area contributed by atoms with Gasteiger partial charge in [0.2, 0.25) is 0 Å². The van der Waals surface area contributed by atoms with E-state index in [2.05, 4.69) is 21.2 Å². The highest BCUT2D eigenvalue weighted by atomic mass is 79.9. The molecule has 0 aliphatic carbocycles. The number of aromatic hydroxyl groups is 1. The lowest BCUT2D eigenvalue weighted by molar-refractivity contribution is 0.466. The number of hydrogen-bond donors (Lipinski definition) is 2. The predicted molar refractivity (Wildman–Crippen MR) is 83.9 cm³/mol. The van der Waals surface area contributed by atoms with E-state index in [9.17, 15) is 9.50 Å². The molecule has 0 fully saturated rings. The molecule has 0 heterocycles. The molecule has 0 aromatic heterocycles. The van der Waals surface area contributed by atoms with Crippen LogP contribution in [0.15, 0.2) is 40.9 Å². The third kappa shape index (κ3) is 3.42. The third-order valence-electron chi connectivity index (χ3n) is 2.95. The van der Waals surface area contributed by atoms with E-state index in [1.807, 2.05) is 37.2 Å². The van der Waals surface area contributed by atoms with Gasteiger partial charge in [0.15, 0.2) is 0 Å². The number of nitrogens with one attached hydrogen (secondary N) is 1. The monoisotopic (exact) mass is 338 g/mol. The smallest absolute Gasteiger partial charge is 0.123 e. The molecule has 0 saturated heterocycles. The van der Waals surface area contributed by atoms with Crippen LogP contribution in [0, 0.1) is 5.82 Å². The van der Waals surface area contributed by atoms with Crippen LogP contribution in [0.2, 0.25) is 0 Å². The van der Waals surface area contributed by atoms with E-state index in [0.29, 0.717) is 12.1 Å². The van der Waals surface area contributed by atoms with Crippen LogP contribution in [0.1, 0.15) is 5.56 Å². The molecule has 0 saturated carbocycles. The van der Waals surface area contributed by atoms with Crippen molar-refractivity contribution in [3.05, 3.63) is 52.3 Å². The van der Waals surface area contributed by atoms with E-state index in [-0.39, 0.29) is 11.6 Å². The van der Waals surface area contributed by atoms with E-state index in [0.717, 1.165) is 15.8 Å². The summed E-state index contributed by atoms with van der Waals surface area (Å²) in [7, 11) is 3.90. The number of anilines is 2. The third-order valence-corrected chi connectivity index (χ3v) is 3.44. The molecule has 0 amide bonds. The van der Waals surface area contributed by atoms with Gasteiger partial charge in [0.05, 0.1) is 11.4 Å². The first-order valence-electron chi connectivity index (χ1n) is 6.15. The largest absolute Gasteiger partial charge is 0.508 e. The topological polar surface area (TPSA) is 35.5 Å². The average molecular weight is 339 g/mol. The lowest BCUT2D eigenvalue weighted by atomic mass is 10.2. The Bertz CT molecular complexity index is 617. The van der Waals surface area contributed by atoms with Crippen LogP contribution in [0.4, 0.5) is 15.8 Å². The minimum absolute atomic E-state index is 0.0836. The zero-order chi connectivity index (χ0) is 14.7. The van der Waals surface area contributed by atoms with E-state index in [1.165, 1.54) is 18.2 Å². The quantitative estimate of drug-likeness (QED) is 0.885.